The van der Waals surface area contributed by atoms with Crippen LogP contribution in [0.3, 0.4) is 0 Å². The van der Waals surface area contributed by atoms with Crippen LogP contribution in [0.15, 0.2) is 12.1 Å². The van der Waals surface area contributed by atoms with E-state index < -0.39 is 0 Å². The molecule has 1 amide bonds. The van der Waals surface area contributed by atoms with Crippen molar-refractivity contribution < 1.29 is 4.79 Å². The van der Waals surface area contributed by atoms with Gasteiger partial charge < -0.3 is 10.2 Å². The van der Waals surface area contributed by atoms with E-state index in [4.69, 9.17) is 0 Å². The maximum Gasteiger partial charge on any atom is 0.254 e. The summed E-state index contributed by atoms with van der Waals surface area (Å²) in [5, 5.41) is 3.06. The first-order valence-corrected chi connectivity index (χ1v) is 7.81. The van der Waals surface area contributed by atoms with Crippen molar-refractivity contribution in [2.75, 3.05) is 25.5 Å². The normalized spacial score (nSPS) is 16.9. The minimum Gasteiger partial charge on any atom is -0.373 e. The molecule has 0 atom stereocenters. The number of rotatable bonds is 2. The van der Waals surface area contributed by atoms with Crippen LogP contribution in [0.2, 0.25) is 0 Å². The molecule has 0 unspecified atom stereocenters. The smallest absolute Gasteiger partial charge is 0.254 e. The molecule has 4 heteroatoms. The van der Waals surface area contributed by atoms with Gasteiger partial charge in [0.05, 0.1) is 0 Å². The van der Waals surface area contributed by atoms with Gasteiger partial charge in [0.15, 0.2) is 0 Å². The van der Waals surface area contributed by atoms with Crippen LogP contribution in [0.1, 0.15) is 56.6 Å². The Morgan fingerprint density at radius 3 is 2.43 bits per heavy atom. The average molecular weight is 289 g/mol. The van der Waals surface area contributed by atoms with Gasteiger partial charge >= 0.3 is 0 Å². The molecular formula is C17H27N3O. The highest BCUT2D eigenvalue weighted by Crippen LogP contribution is 2.25. The Morgan fingerprint density at radius 2 is 1.90 bits per heavy atom. The van der Waals surface area contributed by atoms with Crippen molar-refractivity contribution in [1.82, 2.24) is 9.88 Å². The highest BCUT2D eigenvalue weighted by atomic mass is 16.2. The maximum absolute atomic E-state index is 12.7. The highest BCUT2D eigenvalue weighted by Gasteiger charge is 2.24. The Balaban J connectivity index is 2.28. The Morgan fingerprint density at radius 1 is 1.29 bits per heavy atom. The topological polar surface area (TPSA) is 45.2 Å². The van der Waals surface area contributed by atoms with Crippen LogP contribution in [0.25, 0.3) is 0 Å². The van der Waals surface area contributed by atoms with Crippen LogP contribution in [-0.4, -0.2) is 35.9 Å². The summed E-state index contributed by atoms with van der Waals surface area (Å²) in [6.07, 6.45) is 2.20. The molecule has 1 aliphatic heterocycles. The lowest BCUT2D eigenvalue weighted by Crippen LogP contribution is -2.38. The van der Waals surface area contributed by atoms with Gasteiger partial charge in [0, 0.05) is 36.8 Å². The largest absolute Gasteiger partial charge is 0.373 e. The molecule has 0 bridgehead atoms. The third-order valence-corrected chi connectivity index (χ3v) is 4.17. The summed E-state index contributed by atoms with van der Waals surface area (Å²) in [6.45, 7) is 10.3. The number of piperidine rings is 1. The van der Waals surface area contributed by atoms with Crippen molar-refractivity contribution in [3.63, 3.8) is 0 Å². The molecule has 0 aromatic carbocycles. The second kappa shape index (κ2) is 6.04. The van der Waals surface area contributed by atoms with Crippen LogP contribution in [-0.2, 0) is 5.41 Å². The van der Waals surface area contributed by atoms with Gasteiger partial charge in [0.1, 0.15) is 5.82 Å². The number of nitrogens with zero attached hydrogens (tertiary/aromatic N) is 2. The summed E-state index contributed by atoms with van der Waals surface area (Å²) in [7, 11) is 1.84. The molecule has 0 radical (unpaired) electrons. The number of amides is 1. The summed E-state index contributed by atoms with van der Waals surface area (Å²) in [5.41, 5.74) is 1.62. The molecule has 1 saturated heterocycles. The average Bonchev–Trinajstić information content (AvgIpc) is 2.46. The number of pyridine rings is 1. The molecule has 2 rings (SSSR count). The molecule has 116 valence electrons. The van der Waals surface area contributed by atoms with Crippen molar-refractivity contribution in [3.05, 3.63) is 23.4 Å². The van der Waals surface area contributed by atoms with E-state index in [-0.39, 0.29) is 11.3 Å². The number of nitrogens with one attached hydrogen (secondary N) is 1. The van der Waals surface area contributed by atoms with Gasteiger partial charge in [-0.05, 0) is 30.9 Å². The van der Waals surface area contributed by atoms with Gasteiger partial charge in [-0.3, -0.25) is 4.79 Å². The van der Waals surface area contributed by atoms with E-state index in [2.05, 4.69) is 38.0 Å². The van der Waals surface area contributed by atoms with Crippen LogP contribution in [0, 0.1) is 5.92 Å². The van der Waals surface area contributed by atoms with Gasteiger partial charge in [-0.25, -0.2) is 4.98 Å². The molecule has 1 fully saturated rings. The van der Waals surface area contributed by atoms with E-state index in [0.717, 1.165) is 48.9 Å². The second-order valence-electron chi connectivity index (χ2n) is 7.10. The maximum atomic E-state index is 12.7. The minimum absolute atomic E-state index is 0.0711. The molecule has 1 aliphatic rings. The molecule has 0 spiro atoms. The quantitative estimate of drug-likeness (QED) is 0.908. The zero-order valence-electron chi connectivity index (χ0n) is 13.9. The zero-order valence-corrected chi connectivity index (χ0v) is 13.9. The molecule has 1 aromatic rings. The number of hydrogen-bond donors (Lipinski definition) is 1. The summed E-state index contributed by atoms with van der Waals surface area (Å²) in [4.78, 5) is 19.3. The Labute approximate surface area is 127 Å². The van der Waals surface area contributed by atoms with E-state index in [1.54, 1.807) is 0 Å². The first-order chi connectivity index (χ1) is 9.81. The van der Waals surface area contributed by atoms with Crippen molar-refractivity contribution in [3.8, 4) is 0 Å². The lowest BCUT2D eigenvalue weighted by Gasteiger charge is -2.30. The van der Waals surface area contributed by atoms with E-state index in [0.29, 0.717) is 0 Å². The third-order valence-electron chi connectivity index (χ3n) is 4.17. The number of likely N-dealkylation sites (tertiary alicyclic amines) is 1. The summed E-state index contributed by atoms with van der Waals surface area (Å²) in [6, 6.07) is 3.80. The molecule has 21 heavy (non-hydrogen) atoms. The van der Waals surface area contributed by atoms with Crippen LogP contribution < -0.4 is 5.32 Å². The van der Waals surface area contributed by atoms with Gasteiger partial charge in [-0.2, -0.15) is 0 Å². The third kappa shape index (κ3) is 3.74. The molecule has 1 aromatic heterocycles. The van der Waals surface area contributed by atoms with Gasteiger partial charge in [-0.15, -0.1) is 0 Å². The minimum atomic E-state index is -0.0711. The van der Waals surface area contributed by atoms with E-state index in [1.807, 2.05) is 24.1 Å². The lowest BCUT2D eigenvalue weighted by molar-refractivity contribution is 0.0697. The first-order valence-electron chi connectivity index (χ1n) is 7.81. The van der Waals surface area contributed by atoms with Crippen LogP contribution >= 0.6 is 0 Å². The van der Waals surface area contributed by atoms with Crippen LogP contribution in [0.4, 0.5) is 5.82 Å². The van der Waals surface area contributed by atoms with E-state index >= 15 is 0 Å². The molecule has 0 saturated carbocycles. The van der Waals surface area contributed by atoms with Crippen molar-refractivity contribution >= 4 is 11.7 Å². The van der Waals surface area contributed by atoms with Gasteiger partial charge in [-0.1, -0.05) is 27.7 Å². The molecule has 1 N–H and O–H groups in total. The molecular weight excluding hydrogens is 262 g/mol. The predicted molar refractivity (Wildman–Crippen MR) is 86.8 cm³/mol. The van der Waals surface area contributed by atoms with Crippen molar-refractivity contribution in [2.45, 2.75) is 46.0 Å². The van der Waals surface area contributed by atoms with Crippen molar-refractivity contribution in [2.24, 2.45) is 5.92 Å². The molecule has 2 heterocycles. The summed E-state index contributed by atoms with van der Waals surface area (Å²) in [5.74, 6) is 1.62. The molecule has 0 aliphatic carbocycles. The fourth-order valence-corrected chi connectivity index (χ4v) is 2.56. The highest BCUT2D eigenvalue weighted by molar-refractivity contribution is 5.95. The van der Waals surface area contributed by atoms with Crippen LogP contribution in [0.5, 0.6) is 0 Å². The number of carbonyl (C=O) groups excluding carboxylic acids is 1. The Bertz CT molecular complexity index is 511. The van der Waals surface area contributed by atoms with Gasteiger partial charge in [0.2, 0.25) is 0 Å². The second-order valence-corrected chi connectivity index (χ2v) is 7.10. The number of aromatic nitrogens is 1. The lowest BCUT2D eigenvalue weighted by atomic mass is 9.90. The standard InChI is InChI=1S/C17H27N3O/c1-12-6-8-20(9-7-12)16(21)13-10-14(17(2,3)4)19-15(11-13)18-5/h10-12H,6-9H2,1-5H3,(H,18,19). The van der Waals surface area contributed by atoms with E-state index in [9.17, 15) is 4.79 Å². The fourth-order valence-electron chi connectivity index (χ4n) is 2.56. The van der Waals surface area contributed by atoms with Gasteiger partial charge in [0.25, 0.3) is 5.91 Å². The Kier molecular flexibility index (Phi) is 4.55. The summed E-state index contributed by atoms with van der Waals surface area (Å²) >= 11 is 0. The fraction of sp³-hybridized carbons (Fsp3) is 0.647. The summed E-state index contributed by atoms with van der Waals surface area (Å²) < 4.78 is 0. The monoisotopic (exact) mass is 289 g/mol. The Hall–Kier alpha value is -1.58. The van der Waals surface area contributed by atoms with E-state index in [1.165, 1.54) is 0 Å². The number of anilines is 1. The predicted octanol–water partition coefficient (Wildman–Crippen LogP) is 3.29. The SMILES string of the molecule is CNc1cc(C(=O)N2CCC(C)CC2)cc(C(C)(C)C)n1. The zero-order chi connectivity index (χ0) is 15.6. The van der Waals surface area contributed by atoms with Crippen molar-refractivity contribution in [1.29, 1.82) is 0 Å². The first kappa shape index (κ1) is 15.8. The number of hydrogen-bond acceptors (Lipinski definition) is 3. The number of carbonyl (C=O) groups is 1. The molecule has 4 nitrogen and oxygen atoms in total.